The minimum Gasteiger partial charge on any atom is -0.449 e. The van der Waals surface area contributed by atoms with Crippen LogP contribution in [-0.2, 0) is 15.7 Å². The molecule has 4 nitrogen and oxygen atoms in total. The van der Waals surface area contributed by atoms with Gasteiger partial charge in [-0.05, 0) is 50.2 Å². The smallest absolute Gasteiger partial charge is 0.416 e. The first-order valence-electron chi connectivity index (χ1n) is 7.42. The van der Waals surface area contributed by atoms with Gasteiger partial charge in [0, 0.05) is 5.69 Å². The molecule has 2 rings (SSSR count). The Balaban J connectivity index is 1.95. The number of alkyl halides is 3. The number of amides is 1. The first-order valence-corrected chi connectivity index (χ1v) is 7.42. The van der Waals surface area contributed by atoms with Crippen molar-refractivity contribution in [2.24, 2.45) is 0 Å². The van der Waals surface area contributed by atoms with E-state index in [1.165, 1.54) is 6.92 Å². The Morgan fingerprint density at radius 1 is 1.00 bits per heavy atom. The minimum absolute atomic E-state index is 0.177. The highest BCUT2D eigenvalue weighted by atomic mass is 19.4. The number of rotatable bonds is 4. The minimum atomic E-state index is -4.45. The van der Waals surface area contributed by atoms with Crippen LogP contribution in [0.1, 0.15) is 28.4 Å². The van der Waals surface area contributed by atoms with Crippen LogP contribution in [0.25, 0.3) is 0 Å². The van der Waals surface area contributed by atoms with Gasteiger partial charge in [-0.25, -0.2) is 4.79 Å². The average Bonchev–Trinajstić information content (AvgIpc) is 2.55. The van der Waals surface area contributed by atoms with Gasteiger partial charge in [0.15, 0.2) is 6.10 Å². The summed E-state index contributed by atoms with van der Waals surface area (Å²) in [7, 11) is 0. The molecule has 2 aromatic carbocycles. The van der Waals surface area contributed by atoms with Gasteiger partial charge in [0.1, 0.15) is 0 Å². The molecule has 25 heavy (non-hydrogen) atoms. The third-order valence-electron chi connectivity index (χ3n) is 3.42. The monoisotopic (exact) mass is 351 g/mol. The molecule has 2 aromatic rings. The molecule has 0 aliphatic heterocycles. The van der Waals surface area contributed by atoms with Crippen LogP contribution in [0.3, 0.4) is 0 Å². The number of benzene rings is 2. The number of carbonyl (C=O) groups is 2. The van der Waals surface area contributed by atoms with Gasteiger partial charge >= 0.3 is 12.1 Å². The van der Waals surface area contributed by atoms with E-state index in [2.05, 4.69) is 5.32 Å². The number of nitrogens with one attached hydrogen (secondary N) is 1. The van der Waals surface area contributed by atoms with Crippen molar-refractivity contribution < 1.29 is 27.5 Å². The molecule has 1 N–H and O–H groups in total. The highest BCUT2D eigenvalue weighted by Gasteiger charge is 2.30. The second-order valence-electron chi connectivity index (χ2n) is 5.48. The fourth-order valence-corrected chi connectivity index (χ4v) is 1.96. The van der Waals surface area contributed by atoms with E-state index in [9.17, 15) is 22.8 Å². The lowest BCUT2D eigenvalue weighted by molar-refractivity contribution is -0.137. The molecule has 1 atom stereocenters. The molecule has 0 spiro atoms. The second-order valence-corrected chi connectivity index (χ2v) is 5.48. The second kappa shape index (κ2) is 7.38. The maximum atomic E-state index is 12.5. The Hall–Kier alpha value is -2.83. The number of halogens is 3. The lowest BCUT2D eigenvalue weighted by Gasteiger charge is -2.14. The van der Waals surface area contributed by atoms with Crippen molar-refractivity contribution >= 4 is 17.6 Å². The normalized spacial score (nSPS) is 12.4. The molecule has 7 heteroatoms. The molecule has 0 aromatic heterocycles. The number of anilines is 1. The quantitative estimate of drug-likeness (QED) is 0.840. The molecule has 0 unspecified atom stereocenters. The van der Waals surface area contributed by atoms with Gasteiger partial charge in [-0.15, -0.1) is 0 Å². The average molecular weight is 351 g/mol. The van der Waals surface area contributed by atoms with Crippen molar-refractivity contribution in [1.29, 1.82) is 0 Å². The van der Waals surface area contributed by atoms with Gasteiger partial charge in [0.2, 0.25) is 0 Å². The molecular formula is C18H16F3NO3. The third kappa shape index (κ3) is 5.07. The maximum Gasteiger partial charge on any atom is 0.416 e. The molecule has 0 fully saturated rings. The Morgan fingerprint density at radius 2 is 1.56 bits per heavy atom. The van der Waals surface area contributed by atoms with Crippen molar-refractivity contribution in [3.05, 3.63) is 65.2 Å². The van der Waals surface area contributed by atoms with Crippen LogP contribution in [0.5, 0.6) is 0 Å². The summed E-state index contributed by atoms with van der Waals surface area (Å²) in [6, 6.07) is 10.6. The summed E-state index contributed by atoms with van der Waals surface area (Å²) in [5.41, 5.74) is 0.644. The summed E-state index contributed by atoms with van der Waals surface area (Å²) in [6.07, 6.45) is -5.55. The number of hydrogen-bond acceptors (Lipinski definition) is 3. The molecule has 132 valence electrons. The summed E-state index contributed by atoms with van der Waals surface area (Å²) in [6.45, 7) is 3.25. The van der Waals surface area contributed by atoms with Crippen molar-refractivity contribution in [2.75, 3.05) is 5.32 Å². The Labute approximate surface area is 142 Å². The summed E-state index contributed by atoms with van der Waals surface area (Å²) >= 11 is 0. The molecule has 0 aliphatic carbocycles. The molecular weight excluding hydrogens is 335 g/mol. The fourth-order valence-electron chi connectivity index (χ4n) is 1.96. The highest BCUT2D eigenvalue weighted by Crippen LogP contribution is 2.29. The topological polar surface area (TPSA) is 55.4 Å². The first kappa shape index (κ1) is 18.5. The van der Waals surface area contributed by atoms with E-state index in [0.717, 1.165) is 29.8 Å². The number of aryl methyl sites for hydroxylation is 1. The van der Waals surface area contributed by atoms with Crippen LogP contribution >= 0.6 is 0 Å². The molecule has 0 bridgehead atoms. The first-order chi connectivity index (χ1) is 11.7. The molecule has 0 saturated heterocycles. The van der Waals surface area contributed by atoms with E-state index in [0.29, 0.717) is 5.56 Å². The van der Waals surface area contributed by atoms with E-state index in [1.54, 1.807) is 24.3 Å². The lowest BCUT2D eigenvalue weighted by atomic mass is 10.1. The molecule has 0 radical (unpaired) electrons. The fraction of sp³-hybridized carbons (Fsp3) is 0.222. The van der Waals surface area contributed by atoms with Crippen LogP contribution in [0.2, 0.25) is 0 Å². The number of ether oxygens (including phenoxy) is 1. The van der Waals surface area contributed by atoms with Gasteiger partial charge < -0.3 is 10.1 Å². The van der Waals surface area contributed by atoms with Crippen LogP contribution in [-0.4, -0.2) is 18.0 Å². The van der Waals surface area contributed by atoms with Crippen LogP contribution in [0.15, 0.2) is 48.5 Å². The van der Waals surface area contributed by atoms with Gasteiger partial charge in [0.05, 0.1) is 11.1 Å². The summed E-state index contributed by atoms with van der Waals surface area (Å²) < 4.78 is 42.5. The highest BCUT2D eigenvalue weighted by molar-refractivity contribution is 5.97. The Bertz CT molecular complexity index is 753. The van der Waals surface area contributed by atoms with Gasteiger partial charge in [-0.3, -0.25) is 4.79 Å². The number of esters is 1. The van der Waals surface area contributed by atoms with Crippen molar-refractivity contribution in [2.45, 2.75) is 26.1 Å². The molecule has 1 amide bonds. The van der Waals surface area contributed by atoms with Crippen LogP contribution < -0.4 is 5.32 Å². The van der Waals surface area contributed by atoms with E-state index in [-0.39, 0.29) is 5.69 Å². The molecule has 0 heterocycles. The maximum absolute atomic E-state index is 12.5. The zero-order valence-electron chi connectivity index (χ0n) is 13.6. The lowest BCUT2D eigenvalue weighted by Crippen LogP contribution is -2.30. The van der Waals surface area contributed by atoms with E-state index >= 15 is 0 Å². The van der Waals surface area contributed by atoms with Gasteiger partial charge in [-0.2, -0.15) is 13.2 Å². The summed E-state index contributed by atoms with van der Waals surface area (Å²) in [5.74, 6) is -1.30. The SMILES string of the molecule is Cc1ccc(C(=O)O[C@@H](C)C(=O)Nc2ccc(C(F)(F)F)cc2)cc1. The van der Waals surface area contributed by atoms with Crippen molar-refractivity contribution in [3.63, 3.8) is 0 Å². The number of hydrogen-bond donors (Lipinski definition) is 1. The summed E-state index contributed by atoms with van der Waals surface area (Å²) in [5, 5.41) is 2.40. The van der Waals surface area contributed by atoms with Crippen molar-refractivity contribution in [3.8, 4) is 0 Å². The zero-order chi connectivity index (χ0) is 18.6. The van der Waals surface area contributed by atoms with Gasteiger partial charge in [-0.1, -0.05) is 17.7 Å². The van der Waals surface area contributed by atoms with Crippen LogP contribution in [0, 0.1) is 6.92 Å². The van der Waals surface area contributed by atoms with Crippen LogP contribution in [0.4, 0.5) is 18.9 Å². The Morgan fingerprint density at radius 3 is 2.08 bits per heavy atom. The van der Waals surface area contributed by atoms with E-state index in [1.807, 2.05) is 6.92 Å². The predicted molar refractivity (Wildman–Crippen MR) is 86.1 cm³/mol. The zero-order valence-corrected chi connectivity index (χ0v) is 13.6. The predicted octanol–water partition coefficient (Wildman–Crippen LogP) is 4.20. The molecule has 0 aliphatic rings. The van der Waals surface area contributed by atoms with Crippen molar-refractivity contribution in [1.82, 2.24) is 0 Å². The largest absolute Gasteiger partial charge is 0.449 e. The summed E-state index contributed by atoms with van der Waals surface area (Å²) in [4.78, 5) is 24.0. The standard InChI is InChI=1S/C18H16F3NO3/c1-11-3-5-13(6-4-11)17(24)25-12(2)16(23)22-15-9-7-14(8-10-15)18(19,20)21/h3-10,12H,1-2H3,(H,22,23)/t12-/m0/s1. The Kier molecular flexibility index (Phi) is 5.46. The van der Waals surface area contributed by atoms with E-state index < -0.39 is 29.7 Å². The van der Waals surface area contributed by atoms with Gasteiger partial charge in [0.25, 0.3) is 5.91 Å². The molecule has 0 saturated carbocycles. The third-order valence-corrected chi connectivity index (χ3v) is 3.42. The van der Waals surface area contributed by atoms with E-state index in [4.69, 9.17) is 4.74 Å². The number of carbonyl (C=O) groups excluding carboxylic acids is 2.